The number of aliphatic hydroxyl groups excluding tert-OH is 1. The van der Waals surface area contributed by atoms with Crippen LogP contribution in [0.2, 0.25) is 0 Å². The third kappa shape index (κ3) is 8.13. The van der Waals surface area contributed by atoms with Crippen molar-refractivity contribution in [3.05, 3.63) is 0 Å². The summed E-state index contributed by atoms with van der Waals surface area (Å²) in [6.07, 6.45) is 0.691. The highest BCUT2D eigenvalue weighted by molar-refractivity contribution is 7.99. The van der Waals surface area contributed by atoms with Crippen LogP contribution in [0.25, 0.3) is 0 Å². The Kier molecular flexibility index (Phi) is 11.1. The first-order chi connectivity index (χ1) is 5.18. The lowest BCUT2D eigenvalue weighted by Gasteiger charge is -2.04. The molecule has 0 aliphatic heterocycles. The van der Waals surface area contributed by atoms with Crippen molar-refractivity contribution in [3.8, 4) is 0 Å². The molecule has 4 N–H and O–H groups in total. The smallest absolute Gasteiger partial charge is 0.321 e. The number of halogens is 1. The zero-order chi connectivity index (χ0) is 8.69. The number of aliphatic hydroxyl groups is 1. The number of hydrogen-bond acceptors (Lipinski definition) is 4. The largest absolute Gasteiger partial charge is 0.480 e. The Morgan fingerprint density at radius 1 is 1.58 bits per heavy atom. The fourth-order valence-electron chi connectivity index (χ4n) is 0.448. The van der Waals surface area contributed by atoms with E-state index in [1.165, 1.54) is 11.8 Å². The van der Waals surface area contributed by atoms with Crippen molar-refractivity contribution in [1.82, 2.24) is 0 Å². The lowest BCUT2D eigenvalue weighted by molar-refractivity contribution is -0.137. The summed E-state index contributed by atoms with van der Waals surface area (Å²) < 4.78 is 0. The molecule has 1 atom stereocenters. The van der Waals surface area contributed by atoms with Crippen LogP contribution < -0.4 is 5.73 Å². The van der Waals surface area contributed by atoms with E-state index >= 15 is 0 Å². The van der Waals surface area contributed by atoms with Crippen LogP contribution in [0.5, 0.6) is 0 Å². The van der Waals surface area contributed by atoms with E-state index in [-0.39, 0.29) is 19.0 Å². The number of nitrogens with two attached hydrogens (primary N) is 1. The molecule has 4 nitrogen and oxygen atoms in total. The number of carboxylic acids is 1. The van der Waals surface area contributed by atoms with Gasteiger partial charge in [-0.05, 0) is 12.2 Å². The first-order valence-electron chi connectivity index (χ1n) is 3.35. The van der Waals surface area contributed by atoms with Crippen LogP contribution in [-0.2, 0) is 4.79 Å². The van der Waals surface area contributed by atoms with Crippen LogP contribution in [0.15, 0.2) is 0 Å². The first-order valence-corrected chi connectivity index (χ1v) is 4.51. The van der Waals surface area contributed by atoms with Gasteiger partial charge in [-0.15, -0.1) is 12.4 Å². The molecule has 0 heterocycles. The second kappa shape index (κ2) is 9.12. The second-order valence-electron chi connectivity index (χ2n) is 2.10. The predicted octanol–water partition coefficient (Wildman–Crippen LogP) is -0.0643. The minimum Gasteiger partial charge on any atom is -0.480 e. The molecule has 0 aromatic rings. The van der Waals surface area contributed by atoms with E-state index in [0.717, 1.165) is 5.75 Å². The van der Waals surface area contributed by atoms with E-state index in [2.05, 4.69) is 0 Å². The summed E-state index contributed by atoms with van der Waals surface area (Å²) in [5.74, 6) is 0.203. The number of aliphatic carboxylic acids is 1. The van der Waals surface area contributed by atoms with Crippen molar-refractivity contribution in [2.45, 2.75) is 12.5 Å². The van der Waals surface area contributed by atoms with Crippen molar-refractivity contribution in [3.63, 3.8) is 0 Å². The van der Waals surface area contributed by atoms with Gasteiger partial charge < -0.3 is 15.9 Å². The van der Waals surface area contributed by atoms with Gasteiger partial charge in [0.05, 0.1) is 0 Å². The second-order valence-corrected chi connectivity index (χ2v) is 3.25. The van der Waals surface area contributed by atoms with Gasteiger partial charge in [0.2, 0.25) is 0 Å². The molecule has 0 bridgehead atoms. The maximum Gasteiger partial charge on any atom is 0.321 e. The molecule has 0 saturated heterocycles. The summed E-state index contributed by atoms with van der Waals surface area (Å²) in [4.78, 5) is 10.2. The topological polar surface area (TPSA) is 83.5 Å². The SMILES string of the molecule is Cl.N[C@H](CSCCCO)C(=O)O. The number of carbonyl (C=O) groups is 1. The molecular weight excluding hydrogens is 202 g/mol. The van der Waals surface area contributed by atoms with Gasteiger partial charge in [-0.2, -0.15) is 11.8 Å². The molecular formula is C6H14ClNO3S. The molecule has 0 rings (SSSR count). The Labute approximate surface area is 81.9 Å². The summed E-state index contributed by atoms with van der Waals surface area (Å²) in [5.41, 5.74) is 5.22. The van der Waals surface area contributed by atoms with Gasteiger partial charge in [-0.25, -0.2) is 0 Å². The standard InChI is InChI=1S/C6H13NO3S.ClH/c7-5(6(9)10)4-11-3-1-2-8;/h5,8H,1-4,7H2,(H,9,10);1H/t5-;/m1./s1. The fourth-order valence-corrected chi connectivity index (χ4v) is 1.34. The van der Waals surface area contributed by atoms with Crippen LogP contribution >= 0.6 is 24.2 Å². The number of rotatable bonds is 6. The highest BCUT2D eigenvalue weighted by atomic mass is 35.5. The van der Waals surface area contributed by atoms with Gasteiger partial charge in [0.15, 0.2) is 0 Å². The average molecular weight is 216 g/mol. The van der Waals surface area contributed by atoms with Crippen molar-refractivity contribution >= 4 is 30.1 Å². The molecule has 0 unspecified atom stereocenters. The average Bonchev–Trinajstić information content (AvgIpc) is 1.97. The van der Waals surface area contributed by atoms with Crippen molar-refractivity contribution in [2.24, 2.45) is 5.73 Å². The quantitative estimate of drug-likeness (QED) is 0.541. The van der Waals surface area contributed by atoms with E-state index in [9.17, 15) is 4.79 Å². The third-order valence-electron chi connectivity index (χ3n) is 1.06. The number of carboxylic acid groups (broad SMARTS) is 1. The molecule has 0 fully saturated rings. The molecule has 74 valence electrons. The van der Waals surface area contributed by atoms with Crippen LogP contribution in [0, 0.1) is 0 Å². The summed E-state index contributed by atoms with van der Waals surface area (Å²) in [7, 11) is 0. The maximum atomic E-state index is 10.2. The monoisotopic (exact) mass is 215 g/mol. The number of hydrogen-bond donors (Lipinski definition) is 3. The Morgan fingerprint density at radius 3 is 2.58 bits per heavy atom. The predicted molar refractivity (Wildman–Crippen MR) is 51.9 cm³/mol. The Morgan fingerprint density at radius 2 is 2.17 bits per heavy atom. The van der Waals surface area contributed by atoms with Crippen LogP contribution in [0.4, 0.5) is 0 Å². The summed E-state index contributed by atoms with van der Waals surface area (Å²) in [6.45, 7) is 0.148. The molecule has 0 radical (unpaired) electrons. The van der Waals surface area contributed by atoms with Crippen molar-refractivity contribution in [2.75, 3.05) is 18.1 Å². The summed E-state index contributed by atoms with van der Waals surface area (Å²) >= 11 is 1.45. The molecule has 0 aliphatic carbocycles. The van der Waals surface area contributed by atoms with Crippen LogP contribution in [0.1, 0.15) is 6.42 Å². The Hall–Kier alpha value is 0.0300. The molecule has 0 aliphatic rings. The van der Waals surface area contributed by atoms with Gasteiger partial charge in [-0.1, -0.05) is 0 Å². The van der Waals surface area contributed by atoms with Gasteiger partial charge in [0, 0.05) is 12.4 Å². The van der Waals surface area contributed by atoms with Crippen LogP contribution in [-0.4, -0.2) is 40.3 Å². The molecule has 0 spiro atoms. The van der Waals surface area contributed by atoms with Gasteiger partial charge >= 0.3 is 5.97 Å². The minimum absolute atomic E-state index is 0. The zero-order valence-corrected chi connectivity index (χ0v) is 8.24. The molecule has 0 aromatic carbocycles. The van der Waals surface area contributed by atoms with E-state index in [4.69, 9.17) is 15.9 Å². The van der Waals surface area contributed by atoms with Gasteiger partial charge in [-0.3, -0.25) is 4.79 Å². The zero-order valence-electron chi connectivity index (χ0n) is 6.60. The minimum atomic E-state index is -0.971. The lowest BCUT2D eigenvalue weighted by Crippen LogP contribution is -2.32. The Balaban J connectivity index is 0. The molecule has 6 heteroatoms. The van der Waals surface area contributed by atoms with Gasteiger partial charge in [0.25, 0.3) is 0 Å². The first kappa shape index (κ1) is 14.5. The van der Waals surface area contributed by atoms with Crippen molar-refractivity contribution < 1.29 is 15.0 Å². The fraction of sp³-hybridized carbons (Fsp3) is 0.833. The number of thioether (sulfide) groups is 1. The van der Waals surface area contributed by atoms with E-state index in [1.54, 1.807) is 0 Å². The van der Waals surface area contributed by atoms with Gasteiger partial charge in [0.1, 0.15) is 6.04 Å². The van der Waals surface area contributed by atoms with E-state index < -0.39 is 12.0 Å². The summed E-state index contributed by atoms with van der Waals surface area (Å²) in [5, 5.41) is 16.7. The summed E-state index contributed by atoms with van der Waals surface area (Å²) in [6, 6.07) is -0.779. The Bertz CT molecular complexity index is 125. The molecule has 0 amide bonds. The molecule has 0 aromatic heterocycles. The van der Waals surface area contributed by atoms with Crippen LogP contribution in [0.3, 0.4) is 0 Å². The highest BCUT2D eigenvalue weighted by Gasteiger charge is 2.09. The van der Waals surface area contributed by atoms with Crippen molar-refractivity contribution in [1.29, 1.82) is 0 Å². The van der Waals surface area contributed by atoms with E-state index in [1.807, 2.05) is 0 Å². The lowest BCUT2D eigenvalue weighted by atomic mass is 10.4. The van der Waals surface area contributed by atoms with E-state index in [0.29, 0.717) is 12.2 Å². The normalized spacial score (nSPS) is 11.8. The third-order valence-corrected chi connectivity index (χ3v) is 2.23. The highest BCUT2D eigenvalue weighted by Crippen LogP contribution is 2.03. The maximum absolute atomic E-state index is 10.2. The molecule has 0 saturated carbocycles. The molecule has 12 heavy (non-hydrogen) atoms.